The van der Waals surface area contributed by atoms with Crippen molar-refractivity contribution in [3.8, 4) is 0 Å². The average Bonchev–Trinajstić information content (AvgIpc) is 2.84. The second-order valence-electron chi connectivity index (χ2n) is 6.24. The van der Waals surface area contributed by atoms with Gasteiger partial charge in [0.15, 0.2) is 0 Å². The highest BCUT2D eigenvalue weighted by Crippen LogP contribution is 2.24. The summed E-state index contributed by atoms with van der Waals surface area (Å²) >= 11 is 1.92. The topological polar surface area (TPSA) is 0 Å². The summed E-state index contributed by atoms with van der Waals surface area (Å²) in [7, 11) is 0. The standard InChI is InChI=1S/C18H30S.2C2H6/c1-14(2)10-8-6-7-9-11-15(3)12-18-16(4)13-17(5)19-18;2*1-2/h12-14H,6-11H2,1-5H3;2*1-2H3/b15-12+;;. The van der Waals surface area contributed by atoms with Gasteiger partial charge in [-0.2, -0.15) is 0 Å². The van der Waals surface area contributed by atoms with Crippen molar-refractivity contribution >= 4 is 17.4 Å². The van der Waals surface area contributed by atoms with Gasteiger partial charge in [-0.05, 0) is 57.2 Å². The zero-order valence-electron chi connectivity index (χ0n) is 17.4. The maximum Gasteiger partial charge on any atom is 0.0301 e. The molecular formula is C22H42S. The Morgan fingerprint density at radius 1 is 1.00 bits per heavy atom. The Morgan fingerprint density at radius 3 is 2.04 bits per heavy atom. The van der Waals surface area contributed by atoms with Crippen LogP contribution in [0.5, 0.6) is 0 Å². The molecule has 0 aliphatic rings. The molecule has 136 valence electrons. The molecule has 0 amide bonds. The van der Waals surface area contributed by atoms with E-state index in [0.29, 0.717) is 0 Å². The monoisotopic (exact) mass is 338 g/mol. The maximum absolute atomic E-state index is 2.39. The number of hydrogen-bond donors (Lipinski definition) is 0. The van der Waals surface area contributed by atoms with Crippen molar-refractivity contribution in [2.75, 3.05) is 0 Å². The van der Waals surface area contributed by atoms with Crippen molar-refractivity contribution < 1.29 is 0 Å². The van der Waals surface area contributed by atoms with Crippen LogP contribution in [0.25, 0.3) is 6.08 Å². The van der Waals surface area contributed by atoms with E-state index in [0.717, 1.165) is 5.92 Å². The minimum atomic E-state index is 0.867. The zero-order valence-corrected chi connectivity index (χ0v) is 18.2. The van der Waals surface area contributed by atoms with E-state index in [1.165, 1.54) is 59.4 Å². The first kappa shape index (κ1) is 24.7. The summed E-state index contributed by atoms with van der Waals surface area (Å²) in [5.74, 6) is 0.867. The van der Waals surface area contributed by atoms with Crippen molar-refractivity contribution in [1.29, 1.82) is 0 Å². The fourth-order valence-corrected chi connectivity index (χ4v) is 3.47. The van der Waals surface area contributed by atoms with E-state index in [1.54, 1.807) is 0 Å². The lowest BCUT2D eigenvalue weighted by atomic mass is 10.0. The molecule has 1 aromatic heterocycles. The second-order valence-corrected chi connectivity index (χ2v) is 7.53. The normalized spacial score (nSPS) is 10.8. The molecule has 0 fully saturated rings. The number of thiophene rings is 1. The van der Waals surface area contributed by atoms with Crippen LogP contribution < -0.4 is 0 Å². The minimum Gasteiger partial charge on any atom is -0.141 e. The molecule has 1 rings (SSSR count). The Morgan fingerprint density at radius 2 is 1.57 bits per heavy atom. The molecule has 0 nitrogen and oxygen atoms in total. The second kappa shape index (κ2) is 16.3. The van der Waals surface area contributed by atoms with Gasteiger partial charge in [-0.25, -0.2) is 0 Å². The van der Waals surface area contributed by atoms with Crippen LogP contribution in [0, 0.1) is 19.8 Å². The predicted octanol–water partition coefficient (Wildman–Crippen LogP) is 8.82. The molecular weight excluding hydrogens is 296 g/mol. The first-order valence-corrected chi connectivity index (χ1v) is 10.5. The van der Waals surface area contributed by atoms with E-state index in [4.69, 9.17) is 0 Å². The Kier molecular flexibility index (Phi) is 17.5. The van der Waals surface area contributed by atoms with Gasteiger partial charge in [0.25, 0.3) is 0 Å². The molecule has 0 bridgehead atoms. The predicted molar refractivity (Wildman–Crippen MR) is 113 cm³/mol. The summed E-state index contributed by atoms with van der Waals surface area (Å²) in [5, 5.41) is 0. The van der Waals surface area contributed by atoms with Crippen LogP contribution in [-0.2, 0) is 0 Å². The molecule has 1 heteroatoms. The van der Waals surface area contributed by atoms with E-state index in [1.807, 2.05) is 39.0 Å². The molecule has 0 saturated heterocycles. The molecule has 0 spiro atoms. The number of hydrogen-bond acceptors (Lipinski definition) is 1. The summed E-state index contributed by atoms with van der Waals surface area (Å²) in [5.41, 5.74) is 2.97. The Bertz CT molecular complexity index is 396. The largest absolute Gasteiger partial charge is 0.141 e. The van der Waals surface area contributed by atoms with Crippen LogP contribution in [0.2, 0.25) is 0 Å². The van der Waals surface area contributed by atoms with Gasteiger partial charge in [0, 0.05) is 9.75 Å². The first-order valence-electron chi connectivity index (χ1n) is 9.73. The fraction of sp³-hybridized carbons (Fsp3) is 0.727. The zero-order chi connectivity index (χ0) is 18.3. The molecule has 1 heterocycles. The van der Waals surface area contributed by atoms with Gasteiger partial charge in [-0.15, -0.1) is 11.3 Å². The molecule has 0 unspecified atom stereocenters. The van der Waals surface area contributed by atoms with Gasteiger partial charge >= 0.3 is 0 Å². The maximum atomic E-state index is 2.39. The molecule has 0 radical (unpaired) electrons. The van der Waals surface area contributed by atoms with Gasteiger partial charge in [0.2, 0.25) is 0 Å². The van der Waals surface area contributed by atoms with E-state index >= 15 is 0 Å². The number of rotatable bonds is 8. The fourth-order valence-electron chi connectivity index (χ4n) is 2.41. The summed E-state index contributed by atoms with van der Waals surface area (Å²) in [6.45, 7) is 19.3. The molecule has 23 heavy (non-hydrogen) atoms. The third-order valence-corrected chi connectivity index (χ3v) is 4.66. The number of unbranched alkanes of at least 4 members (excludes halogenated alkanes) is 3. The van der Waals surface area contributed by atoms with Crippen LogP contribution in [0.3, 0.4) is 0 Å². The molecule has 0 N–H and O–H groups in total. The van der Waals surface area contributed by atoms with Crippen molar-refractivity contribution in [1.82, 2.24) is 0 Å². The number of aryl methyl sites for hydroxylation is 2. The van der Waals surface area contributed by atoms with Gasteiger partial charge in [-0.1, -0.05) is 72.8 Å². The molecule has 0 saturated carbocycles. The molecule has 0 aliphatic heterocycles. The minimum absolute atomic E-state index is 0.867. The molecule has 0 aliphatic carbocycles. The van der Waals surface area contributed by atoms with E-state index in [-0.39, 0.29) is 0 Å². The lowest BCUT2D eigenvalue weighted by Crippen LogP contribution is -1.87. The number of allylic oxidation sites excluding steroid dienone is 1. The lowest BCUT2D eigenvalue weighted by molar-refractivity contribution is 0.520. The van der Waals surface area contributed by atoms with E-state index in [9.17, 15) is 0 Å². The molecule has 1 aromatic rings. The Labute approximate surface area is 151 Å². The third kappa shape index (κ3) is 13.6. The van der Waals surface area contributed by atoms with Crippen LogP contribution >= 0.6 is 11.3 Å². The van der Waals surface area contributed by atoms with Gasteiger partial charge < -0.3 is 0 Å². The van der Waals surface area contributed by atoms with Crippen molar-refractivity contribution in [3.63, 3.8) is 0 Å². The third-order valence-electron chi connectivity index (χ3n) is 3.56. The van der Waals surface area contributed by atoms with Crippen LogP contribution in [-0.4, -0.2) is 0 Å². The molecule has 0 aromatic carbocycles. The van der Waals surface area contributed by atoms with Crippen molar-refractivity contribution in [2.24, 2.45) is 5.92 Å². The molecule has 0 atom stereocenters. The SMILES string of the molecule is C/C(=C\c1sc(C)cc1C)CCCCCCC(C)C.CC.CC. The average molecular weight is 339 g/mol. The van der Waals surface area contributed by atoms with E-state index < -0.39 is 0 Å². The van der Waals surface area contributed by atoms with Gasteiger partial charge in [0.05, 0.1) is 0 Å². The van der Waals surface area contributed by atoms with Crippen LogP contribution in [0.4, 0.5) is 0 Å². The summed E-state index contributed by atoms with van der Waals surface area (Å²) in [6.07, 6.45) is 10.6. The van der Waals surface area contributed by atoms with Gasteiger partial charge in [0.1, 0.15) is 0 Å². The highest BCUT2D eigenvalue weighted by atomic mass is 32.1. The van der Waals surface area contributed by atoms with Crippen molar-refractivity contribution in [3.05, 3.63) is 27.0 Å². The van der Waals surface area contributed by atoms with Crippen LogP contribution in [0.1, 0.15) is 102 Å². The summed E-state index contributed by atoms with van der Waals surface area (Å²) in [6, 6.07) is 2.29. The van der Waals surface area contributed by atoms with Crippen molar-refractivity contribution in [2.45, 2.75) is 101 Å². The van der Waals surface area contributed by atoms with E-state index in [2.05, 4.69) is 46.8 Å². The summed E-state index contributed by atoms with van der Waals surface area (Å²) < 4.78 is 0. The van der Waals surface area contributed by atoms with Gasteiger partial charge in [-0.3, -0.25) is 0 Å². The first-order chi connectivity index (χ1) is 11.0. The summed E-state index contributed by atoms with van der Waals surface area (Å²) in [4.78, 5) is 2.88. The lowest BCUT2D eigenvalue weighted by Gasteiger charge is -2.05. The highest BCUT2D eigenvalue weighted by Gasteiger charge is 2.01. The quantitative estimate of drug-likeness (QED) is 0.415. The smallest absolute Gasteiger partial charge is 0.0301 e. The Balaban J connectivity index is 0. The van der Waals surface area contributed by atoms with Crippen LogP contribution in [0.15, 0.2) is 11.6 Å². The highest BCUT2D eigenvalue weighted by molar-refractivity contribution is 7.13. The Hall–Kier alpha value is -0.560.